The molecule has 2 heterocycles. The number of aliphatic hydroxyl groups excluding tert-OH is 1. The van der Waals surface area contributed by atoms with Gasteiger partial charge in [-0.3, -0.25) is 24.1 Å². The van der Waals surface area contributed by atoms with Crippen LogP contribution in [0.15, 0.2) is 29.8 Å². The van der Waals surface area contributed by atoms with Gasteiger partial charge in [-0.15, -0.1) is 11.3 Å². The van der Waals surface area contributed by atoms with Gasteiger partial charge in [0, 0.05) is 32.1 Å². The van der Waals surface area contributed by atoms with Gasteiger partial charge >= 0.3 is 5.97 Å². The first-order valence-corrected chi connectivity index (χ1v) is 16.3. The standard InChI is InChI=1S/C33H49N5O6S/c1-21-29(45-20-35-21)24-11-9-23(10-12-24)13-15-34-30(42)26-17-25(39)18-38(26)31(43)33(6,7)22(2)36-27(40)19-37(8)16-14-28(41)44-32(3,4)5/h9-12,20,22,25-26,39H,13-19H2,1-8H3,(H,34,42)(H,36,40)/t22-,25+,26-/m0/s1. The van der Waals surface area contributed by atoms with Crippen LogP contribution in [0.2, 0.25) is 0 Å². The summed E-state index contributed by atoms with van der Waals surface area (Å²) in [6, 6.07) is 6.81. The molecule has 0 aliphatic carbocycles. The Labute approximate surface area is 270 Å². The van der Waals surface area contributed by atoms with Crippen LogP contribution in [0.25, 0.3) is 10.4 Å². The Morgan fingerprint density at radius 3 is 2.42 bits per heavy atom. The van der Waals surface area contributed by atoms with Crippen molar-refractivity contribution in [1.82, 2.24) is 25.4 Å². The summed E-state index contributed by atoms with van der Waals surface area (Å²) in [4.78, 5) is 60.3. The Kier molecular flexibility index (Phi) is 12.3. The molecule has 3 amide bonds. The molecule has 3 atom stereocenters. The van der Waals surface area contributed by atoms with Crippen LogP contribution >= 0.6 is 11.3 Å². The maximum Gasteiger partial charge on any atom is 0.307 e. The number of carbonyl (C=O) groups is 4. The third-order valence-corrected chi connectivity index (χ3v) is 9.04. The highest BCUT2D eigenvalue weighted by molar-refractivity contribution is 7.13. The van der Waals surface area contributed by atoms with Crippen LogP contribution in [0.3, 0.4) is 0 Å². The van der Waals surface area contributed by atoms with Crippen LogP contribution in [0.5, 0.6) is 0 Å². The largest absolute Gasteiger partial charge is 0.460 e. The number of likely N-dealkylation sites (tertiary alicyclic amines) is 1. The van der Waals surface area contributed by atoms with Crippen LogP contribution < -0.4 is 10.6 Å². The molecule has 3 N–H and O–H groups in total. The fraction of sp³-hybridized carbons (Fsp3) is 0.606. The van der Waals surface area contributed by atoms with E-state index in [2.05, 4.69) is 27.8 Å². The van der Waals surface area contributed by atoms with E-state index >= 15 is 0 Å². The lowest BCUT2D eigenvalue weighted by Gasteiger charge is -2.36. The molecule has 1 aliphatic heterocycles. The van der Waals surface area contributed by atoms with Gasteiger partial charge in [-0.25, -0.2) is 4.98 Å². The molecule has 1 fully saturated rings. The second-order valence-electron chi connectivity index (χ2n) is 13.5. The number of nitrogens with one attached hydrogen (secondary N) is 2. The number of aliphatic hydroxyl groups is 1. The molecule has 3 rings (SSSR count). The quantitative estimate of drug-likeness (QED) is 0.283. The number of benzene rings is 1. The fourth-order valence-corrected chi connectivity index (χ4v) is 5.97. The third kappa shape index (κ3) is 10.3. The van der Waals surface area contributed by atoms with Gasteiger partial charge in [0.2, 0.25) is 17.7 Å². The third-order valence-electron chi connectivity index (χ3n) is 8.06. The molecule has 1 aromatic carbocycles. The van der Waals surface area contributed by atoms with Gasteiger partial charge in [0.05, 0.1) is 40.6 Å². The topological polar surface area (TPSA) is 141 Å². The minimum atomic E-state index is -1.05. The van der Waals surface area contributed by atoms with E-state index in [1.54, 1.807) is 64.8 Å². The summed E-state index contributed by atoms with van der Waals surface area (Å²) >= 11 is 1.60. The molecule has 1 aromatic heterocycles. The van der Waals surface area contributed by atoms with Crippen LogP contribution in [-0.2, 0) is 30.3 Å². The normalized spacial score (nSPS) is 17.7. The number of esters is 1. The van der Waals surface area contributed by atoms with Crippen molar-refractivity contribution < 1.29 is 29.0 Å². The molecule has 0 spiro atoms. The summed E-state index contributed by atoms with van der Waals surface area (Å²) in [5.41, 5.74) is 3.39. The van der Waals surface area contributed by atoms with Crippen molar-refractivity contribution >= 4 is 35.0 Å². The number of nitrogens with zero attached hydrogens (tertiary/aromatic N) is 3. The summed E-state index contributed by atoms with van der Waals surface area (Å²) in [5.74, 6) is -1.26. The van der Waals surface area contributed by atoms with Gasteiger partial charge in [-0.2, -0.15) is 0 Å². The van der Waals surface area contributed by atoms with Crippen LogP contribution in [0.4, 0.5) is 0 Å². The van der Waals surface area contributed by atoms with Gasteiger partial charge in [-0.05, 0) is 73.1 Å². The number of ether oxygens (including phenoxy) is 1. The van der Waals surface area contributed by atoms with E-state index in [1.165, 1.54) is 4.90 Å². The lowest BCUT2D eigenvalue weighted by Crippen LogP contribution is -2.56. The maximum absolute atomic E-state index is 13.7. The summed E-state index contributed by atoms with van der Waals surface area (Å²) < 4.78 is 5.31. The Morgan fingerprint density at radius 2 is 1.82 bits per heavy atom. The highest BCUT2D eigenvalue weighted by Crippen LogP contribution is 2.30. The van der Waals surface area contributed by atoms with Crippen molar-refractivity contribution in [2.45, 2.75) is 91.5 Å². The molecule has 0 bridgehead atoms. The smallest absolute Gasteiger partial charge is 0.307 e. The van der Waals surface area contributed by atoms with E-state index in [1.807, 2.05) is 24.6 Å². The monoisotopic (exact) mass is 643 g/mol. The first-order valence-electron chi connectivity index (χ1n) is 15.4. The fourth-order valence-electron chi connectivity index (χ4n) is 5.16. The summed E-state index contributed by atoms with van der Waals surface area (Å²) in [6.45, 7) is 13.4. The molecule has 1 aliphatic rings. The van der Waals surface area contributed by atoms with Crippen molar-refractivity contribution in [2.75, 3.05) is 33.2 Å². The first kappa shape index (κ1) is 36.1. The summed E-state index contributed by atoms with van der Waals surface area (Å²) in [6.07, 6.45) is 0.116. The van der Waals surface area contributed by atoms with Crippen LogP contribution in [0.1, 0.15) is 65.6 Å². The molecular formula is C33H49N5O6S. The highest BCUT2D eigenvalue weighted by Gasteiger charge is 2.46. The van der Waals surface area contributed by atoms with E-state index in [0.29, 0.717) is 19.5 Å². The minimum Gasteiger partial charge on any atom is -0.460 e. The number of rotatable bonds is 13. The van der Waals surface area contributed by atoms with Crippen molar-refractivity contribution in [3.05, 3.63) is 41.0 Å². The van der Waals surface area contributed by atoms with Crippen molar-refractivity contribution in [1.29, 1.82) is 0 Å². The SMILES string of the molecule is Cc1ncsc1-c1ccc(CCNC(=O)[C@@H]2C[C@@H](O)CN2C(=O)C(C)(C)[C@H](C)NC(=O)CN(C)CCC(=O)OC(C)(C)C)cc1. The predicted octanol–water partition coefficient (Wildman–Crippen LogP) is 2.93. The number of aryl methyl sites for hydroxylation is 1. The Morgan fingerprint density at radius 1 is 1.16 bits per heavy atom. The number of hydrogen-bond acceptors (Lipinski definition) is 9. The van der Waals surface area contributed by atoms with Crippen LogP contribution in [0, 0.1) is 12.3 Å². The first-order chi connectivity index (χ1) is 21.0. The number of carbonyl (C=O) groups excluding carboxylic acids is 4. The zero-order valence-electron chi connectivity index (χ0n) is 27.8. The molecule has 0 radical (unpaired) electrons. The average Bonchev–Trinajstić information content (AvgIpc) is 3.56. The second kappa shape index (κ2) is 15.3. The van der Waals surface area contributed by atoms with Crippen LogP contribution in [-0.4, -0.2) is 101 Å². The Bertz CT molecular complexity index is 1340. The molecule has 12 heteroatoms. The molecule has 0 saturated carbocycles. The molecule has 45 heavy (non-hydrogen) atoms. The number of hydrogen-bond donors (Lipinski definition) is 3. The molecule has 1 saturated heterocycles. The van der Waals surface area contributed by atoms with Gasteiger partial charge in [0.15, 0.2) is 0 Å². The lowest BCUT2D eigenvalue weighted by atomic mass is 9.83. The number of β-amino-alcohol motifs (C(OH)–C–C–N with tert-alkyl or cyclic N) is 1. The molecule has 2 aromatic rings. The van der Waals surface area contributed by atoms with Crippen molar-refractivity contribution in [3.8, 4) is 10.4 Å². The molecular weight excluding hydrogens is 594 g/mol. The van der Waals surface area contributed by atoms with E-state index in [9.17, 15) is 24.3 Å². The number of aromatic nitrogens is 1. The minimum absolute atomic E-state index is 0.0402. The number of thiazole rings is 1. The van der Waals surface area contributed by atoms with Gasteiger partial charge in [-0.1, -0.05) is 24.3 Å². The van der Waals surface area contributed by atoms with Crippen molar-refractivity contribution in [2.24, 2.45) is 5.41 Å². The van der Waals surface area contributed by atoms with E-state index in [0.717, 1.165) is 21.7 Å². The summed E-state index contributed by atoms with van der Waals surface area (Å²) in [5, 5.41) is 16.2. The van der Waals surface area contributed by atoms with E-state index in [4.69, 9.17) is 4.74 Å². The second-order valence-corrected chi connectivity index (χ2v) is 14.3. The molecule has 0 unspecified atom stereocenters. The highest BCUT2D eigenvalue weighted by atomic mass is 32.1. The molecule has 248 valence electrons. The number of likely N-dealkylation sites (N-methyl/N-ethyl adjacent to an activating group) is 1. The Hall–Kier alpha value is -3.35. The zero-order valence-corrected chi connectivity index (χ0v) is 28.6. The maximum atomic E-state index is 13.7. The van der Waals surface area contributed by atoms with Gasteiger partial charge in [0.1, 0.15) is 11.6 Å². The summed E-state index contributed by atoms with van der Waals surface area (Å²) in [7, 11) is 1.73. The Balaban J connectivity index is 1.50. The lowest BCUT2D eigenvalue weighted by molar-refractivity contribution is -0.155. The predicted molar refractivity (Wildman–Crippen MR) is 174 cm³/mol. The van der Waals surface area contributed by atoms with E-state index < -0.39 is 29.2 Å². The van der Waals surface area contributed by atoms with E-state index in [-0.39, 0.29) is 49.6 Å². The van der Waals surface area contributed by atoms with Gasteiger partial charge < -0.3 is 25.4 Å². The van der Waals surface area contributed by atoms with Gasteiger partial charge in [0.25, 0.3) is 0 Å². The zero-order chi connectivity index (χ0) is 33.5. The molecule has 11 nitrogen and oxygen atoms in total. The number of amides is 3. The average molecular weight is 644 g/mol. The van der Waals surface area contributed by atoms with Crippen molar-refractivity contribution in [3.63, 3.8) is 0 Å².